The summed E-state index contributed by atoms with van der Waals surface area (Å²) in [6.07, 6.45) is 1.83. The first-order valence-corrected chi connectivity index (χ1v) is 6.10. The summed E-state index contributed by atoms with van der Waals surface area (Å²) in [5.74, 6) is -0.828. The van der Waals surface area contributed by atoms with Gasteiger partial charge in [-0.15, -0.1) is 0 Å². The zero-order chi connectivity index (χ0) is 13.3. The van der Waals surface area contributed by atoms with Crippen LogP contribution in [0.25, 0.3) is 0 Å². The van der Waals surface area contributed by atoms with Gasteiger partial charge in [0.25, 0.3) is 0 Å². The molecule has 1 aromatic carbocycles. The van der Waals surface area contributed by atoms with Gasteiger partial charge in [0.2, 0.25) is 0 Å². The zero-order valence-electron chi connectivity index (χ0n) is 10.3. The highest BCUT2D eigenvalue weighted by Crippen LogP contribution is 2.35. The Morgan fingerprint density at radius 2 is 2.28 bits per heavy atom. The van der Waals surface area contributed by atoms with Gasteiger partial charge in [-0.1, -0.05) is 31.5 Å². The minimum atomic E-state index is -0.828. The van der Waals surface area contributed by atoms with E-state index in [0.29, 0.717) is 5.02 Å². The van der Waals surface area contributed by atoms with Crippen molar-refractivity contribution < 1.29 is 9.90 Å². The lowest BCUT2D eigenvalue weighted by Crippen LogP contribution is -2.39. The number of anilines is 1. The predicted octanol–water partition coefficient (Wildman–Crippen LogP) is 3.02. The van der Waals surface area contributed by atoms with Crippen molar-refractivity contribution in [3.63, 3.8) is 0 Å². The van der Waals surface area contributed by atoms with Crippen molar-refractivity contribution in [2.24, 2.45) is 10.5 Å². The van der Waals surface area contributed by atoms with Crippen LogP contribution in [0, 0.1) is 5.41 Å². The molecule has 1 aliphatic heterocycles. The number of aliphatic carboxylic acids is 1. The first-order valence-electron chi connectivity index (χ1n) is 5.72. The molecule has 0 bridgehead atoms. The van der Waals surface area contributed by atoms with Gasteiger partial charge in [-0.05, 0) is 18.2 Å². The van der Waals surface area contributed by atoms with E-state index in [0.717, 1.165) is 5.69 Å². The first-order chi connectivity index (χ1) is 8.40. The van der Waals surface area contributed by atoms with Gasteiger partial charge in [0.1, 0.15) is 0 Å². The Labute approximate surface area is 111 Å². The van der Waals surface area contributed by atoms with E-state index in [1.165, 1.54) is 0 Å². The topological polar surface area (TPSA) is 52.9 Å². The van der Waals surface area contributed by atoms with Crippen molar-refractivity contribution in [3.05, 3.63) is 29.3 Å². The van der Waals surface area contributed by atoms with Crippen molar-refractivity contribution in [1.29, 1.82) is 0 Å². The second kappa shape index (κ2) is 4.61. The molecule has 1 heterocycles. The molecule has 4 nitrogen and oxygen atoms in total. The van der Waals surface area contributed by atoms with Crippen LogP contribution in [0.5, 0.6) is 0 Å². The molecule has 1 atom stereocenters. The van der Waals surface area contributed by atoms with Crippen molar-refractivity contribution in [2.75, 3.05) is 5.01 Å². The number of hydrazone groups is 1. The molecule has 0 aliphatic carbocycles. The van der Waals surface area contributed by atoms with E-state index in [4.69, 9.17) is 16.7 Å². The van der Waals surface area contributed by atoms with E-state index < -0.39 is 5.97 Å². The Hall–Kier alpha value is -1.55. The average Bonchev–Trinajstić information content (AvgIpc) is 2.54. The Kier molecular flexibility index (Phi) is 3.30. The van der Waals surface area contributed by atoms with E-state index in [2.05, 4.69) is 5.10 Å². The van der Waals surface area contributed by atoms with Crippen molar-refractivity contribution in [2.45, 2.75) is 26.3 Å². The lowest BCUT2D eigenvalue weighted by Gasteiger charge is -2.30. The Morgan fingerprint density at radius 1 is 1.56 bits per heavy atom. The summed E-state index contributed by atoms with van der Waals surface area (Å²) in [6.45, 7) is 3.96. The number of carboxylic acids is 1. The molecule has 1 aromatic rings. The maximum atomic E-state index is 11.0. The van der Waals surface area contributed by atoms with Crippen LogP contribution in [0.2, 0.25) is 5.02 Å². The molecule has 0 saturated heterocycles. The van der Waals surface area contributed by atoms with Gasteiger partial charge >= 0.3 is 5.97 Å². The Morgan fingerprint density at radius 3 is 2.89 bits per heavy atom. The molecule has 1 unspecified atom stereocenters. The van der Waals surface area contributed by atoms with Crippen LogP contribution in [0.4, 0.5) is 5.69 Å². The fourth-order valence-electron chi connectivity index (χ4n) is 2.07. The number of hydrogen-bond donors (Lipinski definition) is 1. The first kappa shape index (κ1) is 12.9. The largest absolute Gasteiger partial charge is 0.481 e. The third kappa shape index (κ3) is 2.48. The number of halogens is 1. The van der Waals surface area contributed by atoms with Crippen LogP contribution in [-0.4, -0.2) is 23.3 Å². The number of benzene rings is 1. The van der Waals surface area contributed by atoms with Gasteiger partial charge in [-0.25, -0.2) is 0 Å². The van der Waals surface area contributed by atoms with Crippen molar-refractivity contribution >= 4 is 29.5 Å². The molecular weight excluding hydrogens is 252 g/mol. The summed E-state index contributed by atoms with van der Waals surface area (Å²) in [7, 11) is 0. The van der Waals surface area contributed by atoms with Gasteiger partial charge in [0.15, 0.2) is 0 Å². The molecule has 0 radical (unpaired) electrons. The third-order valence-corrected chi connectivity index (χ3v) is 3.34. The minimum absolute atomic E-state index is 0.0412. The van der Waals surface area contributed by atoms with Gasteiger partial charge in [0.05, 0.1) is 18.2 Å². The van der Waals surface area contributed by atoms with Crippen LogP contribution in [0.1, 0.15) is 20.3 Å². The van der Waals surface area contributed by atoms with Gasteiger partial charge in [-0.3, -0.25) is 9.80 Å². The van der Waals surface area contributed by atoms with Crippen LogP contribution in [0.3, 0.4) is 0 Å². The molecule has 0 amide bonds. The molecule has 0 aromatic heterocycles. The standard InChI is InChI=1S/C13H15ClN2O2/c1-13(2)8-15-16(11(13)7-12(17)18)10-5-3-4-9(14)6-10/h3-6,8,11H,7H2,1-2H3,(H,17,18). The monoisotopic (exact) mass is 266 g/mol. The van der Waals surface area contributed by atoms with E-state index in [1.54, 1.807) is 23.4 Å². The molecule has 0 spiro atoms. The van der Waals surface area contributed by atoms with E-state index >= 15 is 0 Å². The van der Waals surface area contributed by atoms with Crippen LogP contribution >= 0.6 is 11.6 Å². The van der Waals surface area contributed by atoms with Gasteiger partial charge in [0, 0.05) is 16.7 Å². The highest BCUT2D eigenvalue weighted by Gasteiger charge is 2.39. The fraction of sp³-hybridized carbons (Fsp3) is 0.385. The van der Waals surface area contributed by atoms with Crippen molar-refractivity contribution in [3.8, 4) is 0 Å². The van der Waals surface area contributed by atoms with Gasteiger partial charge in [-0.2, -0.15) is 5.10 Å². The smallest absolute Gasteiger partial charge is 0.305 e. The highest BCUT2D eigenvalue weighted by molar-refractivity contribution is 6.30. The van der Waals surface area contributed by atoms with Crippen LogP contribution in [0.15, 0.2) is 29.4 Å². The van der Waals surface area contributed by atoms with E-state index in [9.17, 15) is 4.79 Å². The molecule has 0 saturated carbocycles. The normalized spacial score (nSPS) is 21.3. The maximum Gasteiger partial charge on any atom is 0.305 e. The lowest BCUT2D eigenvalue weighted by molar-refractivity contribution is -0.137. The summed E-state index contributed by atoms with van der Waals surface area (Å²) in [6, 6.07) is 7.07. The fourth-order valence-corrected chi connectivity index (χ4v) is 2.26. The number of carbonyl (C=O) groups is 1. The molecule has 18 heavy (non-hydrogen) atoms. The third-order valence-electron chi connectivity index (χ3n) is 3.11. The average molecular weight is 267 g/mol. The van der Waals surface area contributed by atoms with Crippen LogP contribution < -0.4 is 5.01 Å². The molecule has 96 valence electrons. The highest BCUT2D eigenvalue weighted by atomic mass is 35.5. The zero-order valence-corrected chi connectivity index (χ0v) is 11.1. The van der Waals surface area contributed by atoms with Crippen molar-refractivity contribution in [1.82, 2.24) is 0 Å². The summed E-state index contributed by atoms with van der Waals surface area (Å²) < 4.78 is 0. The maximum absolute atomic E-state index is 11.0. The summed E-state index contributed by atoms with van der Waals surface area (Å²) in [5.41, 5.74) is 0.538. The second-order valence-electron chi connectivity index (χ2n) is 5.00. The minimum Gasteiger partial charge on any atom is -0.481 e. The quantitative estimate of drug-likeness (QED) is 0.915. The summed E-state index contributed by atoms with van der Waals surface area (Å²) in [4.78, 5) is 11.0. The number of carboxylic acid groups (broad SMARTS) is 1. The predicted molar refractivity (Wildman–Crippen MR) is 72.2 cm³/mol. The molecule has 0 fully saturated rings. The Balaban J connectivity index is 2.32. The molecule has 1 N–H and O–H groups in total. The molecule has 2 rings (SSSR count). The summed E-state index contributed by atoms with van der Waals surface area (Å²) in [5, 5.41) is 15.7. The number of nitrogens with zero attached hydrogens (tertiary/aromatic N) is 2. The van der Waals surface area contributed by atoms with Gasteiger partial charge < -0.3 is 5.11 Å². The number of hydrogen-bond acceptors (Lipinski definition) is 3. The summed E-state index contributed by atoms with van der Waals surface area (Å²) >= 11 is 5.95. The second-order valence-corrected chi connectivity index (χ2v) is 5.44. The SMILES string of the molecule is CC1(C)C=NN(c2cccc(Cl)c2)C1CC(=O)O. The molecule has 1 aliphatic rings. The van der Waals surface area contributed by atoms with E-state index in [-0.39, 0.29) is 17.9 Å². The Bertz CT molecular complexity index is 500. The lowest BCUT2D eigenvalue weighted by atomic mass is 9.84. The molecule has 5 heteroatoms. The molecular formula is C13H15ClN2O2. The van der Waals surface area contributed by atoms with Crippen LogP contribution in [-0.2, 0) is 4.79 Å². The van der Waals surface area contributed by atoms with E-state index in [1.807, 2.05) is 26.0 Å². The number of rotatable bonds is 3.